The number of methoxy groups -OCH3 is 1. The largest absolute Gasteiger partial charge is 0.453 e. The molecular weight excluding hydrogens is 634 g/mol. The number of carbonyl (C=O) groups is 4. The smallest absolute Gasteiger partial charge is 0.407 e. The summed E-state index contributed by atoms with van der Waals surface area (Å²) in [7, 11) is 1.15. The topological polar surface area (TPSA) is 191 Å². The number of fused-ring (bicyclic) bond motifs is 1. The van der Waals surface area contributed by atoms with Gasteiger partial charge in [0.2, 0.25) is 6.79 Å². The molecular formula is C32H34ClN5O9. The fraction of sp³-hybridized carbons (Fsp3) is 0.312. The Kier molecular flexibility index (Phi) is 11.7. The first-order valence-electron chi connectivity index (χ1n) is 14.5. The Hall–Kier alpha value is -5.21. The van der Waals surface area contributed by atoms with Crippen molar-refractivity contribution < 1.29 is 43.7 Å². The van der Waals surface area contributed by atoms with Crippen LogP contribution in [-0.4, -0.2) is 81.5 Å². The molecule has 47 heavy (non-hydrogen) atoms. The molecule has 0 aliphatic rings. The van der Waals surface area contributed by atoms with Crippen molar-refractivity contribution in [3.8, 4) is 11.1 Å². The van der Waals surface area contributed by atoms with E-state index < -0.39 is 48.9 Å². The van der Waals surface area contributed by atoms with Gasteiger partial charge in [-0.05, 0) is 64.6 Å². The van der Waals surface area contributed by atoms with E-state index in [2.05, 4.69) is 25.7 Å². The van der Waals surface area contributed by atoms with Crippen LogP contribution in [0.1, 0.15) is 36.2 Å². The van der Waals surface area contributed by atoms with Crippen LogP contribution in [0.3, 0.4) is 0 Å². The van der Waals surface area contributed by atoms with Gasteiger partial charge in [-0.3, -0.25) is 4.79 Å². The molecule has 0 spiro atoms. The van der Waals surface area contributed by atoms with Gasteiger partial charge in [-0.2, -0.15) is 0 Å². The third-order valence-corrected chi connectivity index (χ3v) is 7.42. The van der Waals surface area contributed by atoms with Crippen LogP contribution in [-0.2, 0) is 30.2 Å². The second kappa shape index (κ2) is 15.9. The lowest BCUT2D eigenvalue weighted by Gasteiger charge is -2.22. The summed E-state index contributed by atoms with van der Waals surface area (Å²) in [5, 5.41) is 33.7. The molecule has 0 aliphatic carbocycles. The van der Waals surface area contributed by atoms with Gasteiger partial charge < -0.3 is 35.2 Å². The van der Waals surface area contributed by atoms with Crippen LogP contribution in [0.25, 0.3) is 22.2 Å². The van der Waals surface area contributed by atoms with Crippen molar-refractivity contribution in [1.82, 2.24) is 25.8 Å². The number of aliphatic hydroxyl groups is 1. The number of hydrogen-bond donors (Lipinski definition) is 4. The highest BCUT2D eigenvalue weighted by molar-refractivity contribution is 6.30. The van der Waals surface area contributed by atoms with E-state index in [4.69, 9.17) is 21.1 Å². The lowest BCUT2D eigenvalue weighted by molar-refractivity contribution is -0.175. The molecule has 15 heteroatoms. The number of nitrogens with zero attached hydrogens (tertiary/aromatic N) is 3. The van der Waals surface area contributed by atoms with E-state index in [9.17, 15) is 29.5 Å². The molecule has 2 amide bonds. The molecule has 0 bridgehead atoms. The monoisotopic (exact) mass is 667 g/mol. The van der Waals surface area contributed by atoms with E-state index in [1.165, 1.54) is 18.2 Å². The average molecular weight is 668 g/mol. The molecule has 0 saturated carbocycles. The van der Waals surface area contributed by atoms with Gasteiger partial charge in [0.15, 0.2) is 6.10 Å². The number of alkyl carbamates (subject to hydrolysis) is 1. The van der Waals surface area contributed by atoms with Crippen LogP contribution < -0.4 is 10.6 Å². The van der Waals surface area contributed by atoms with Gasteiger partial charge in [-0.25, -0.2) is 14.4 Å². The minimum absolute atomic E-state index is 0.181. The van der Waals surface area contributed by atoms with Crippen molar-refractivity contribution in [3.05, 3.63) is 82.9 Å². The maximum absolute atomic E-state index is 13.3. The first-order chi connectivity index (χ1) is 22.4. The number of benzene rings is 3. The molecule has 1 heterocycles. The molecule has 4 aromatic rings. The van der Waals surface area contributed by atoms with Crippen molar-refractivity contribution in [3.63, 3.8) is 0 Å². The summed E-state index contributed by atoms with van der Waals surface area (Å²) in [6.07, 6.45) is -2.57. The molecule has 3 aromatic carbocycles. The van der Waals surface area contributed by atoms with Crippen molar-refractivity contribution >= 4 is 46.6 Å². The summed E-state index contributed by atoms with van der Waals surface area (Å²) in [5.74, 6) is -2.86. The number of carbonyl (C=O) groups excluding carboxylic acids is 4. The second-order valence-electron chi connectivity index (χ2n) is 10.9. The molecule has 4 rings (SSSR count). The summed E-state index contributed by atoms with van der Waals surface area (Å²) in [6.45, 7) is 2.53. The van der Waals surface area contributed by atoms with Gasteiger partial charge in [0.05, 0.1) is 7.11 Å². The van der Waals surface area contributed by atoms with Crippen LogP contribution in [0.4, 0.5) is 4.79 Å². The van der Waals surface area contributed by atoms with Crippen molar-refractivity contribution in [2.24, 2.45) is 5.92 Å². The Morgan fingerprint density at radius 1 is 0.936 bits per heavy atom. The molecule has 0 radical (unpaired) electrons. The zero-order valence-corrected chi connectivity index (χ0v) is 26.5. The number of hydrogen-bond acceptors (Lipinski definition) is 11. The Morgan fingerprint density at radius 3 is 2.34 bits per heavy atom. The highest BCUT2D eigenvalue weighted by Crippen LogP contribution is 2.24. The maximum atomic E-state index is 13.3. The molecule has 3 atom stereocenters. The fourth-order valence-electron chi connectivity index (χ4n) is 4.68. The van der Waals surface area contributed by atoms with E-state index in [0.29, 0.717) is 15.4 Å². The Bertz CT molecular complexity index is 1730. The zero-order chi connectivity index (χ0) is 34.1. The van der Waals surface area contributed by atoms with Crippen molar-refractivity contribution in [1.29, 1.82) is 0 Å². The molecule has 14 nitrogen and oxygen atoms in total. The number of aliphatic hydroxyl groups excluding tert-OH is 1. The highest BCUT2D eigenvalue weighted by Gasteiger charge is 2.28. The fourth-order valence-corrected chi connectivity index (χ4v) is 4.87. The summed E-state index contributed by atoms with van der Waals surface area (Å²) < 4.78 is 14.4. The minimum atomic E-state index is -1.70. The second-order valence-corrected chi connectivity index (χ2v) is 11.4. The Labute approximate surface area is 274 Å². The molecule has 0 fully saturated rings. The van der Waals surface area contributed by atoms with E-state index in [-0.39, 0.29) is 29.8 Å². The Morgan fingerprint density at radius 2 is 1.66 bits per heavy atom. The normalized spacial score (nSPS) is 13.0. The molecule has 4 N–H and O–H groups in total. The maximum Gasteiger partial charge on any atom is 0.407 e. The van der Waals surface area contributed by atoms with Gasteiger partial charge in [0.1, 0.15) is 17.1 Å². The van der Waals surface area contributed by atoms with Crippen LogP contribution in [0.2, 0.25) is 5.02 Å². The summed E-state index contributed by atoms with van der Waals surface area (Å²) in [5.41, 5.74) is 3.40. The quantitative estimate of drug-likeness (QED) is 0.0927. The highest BCUT2D eigenvalue weighted by atomic mass is 35.5. The number of amides is 2. The van der Waals surface area contributed by atoms with Gasteiger partial charge in [0, 0.05) is 23.0 Å². The summed E-state index contributed by atoms with van der Waals surface area (Å²) in [4.78, 5) is 50.4. The van der Waals surface area contributed by atoms with Crippen LogP contribution in [0.15, 0.2) is 66.7 Å². The SMILES string of the molecule is COC(=O)NC(C(=O)OCOC(=O)C(O)CC(Cc1ccc(-c2cccc(Cl)c2)cc1)NC(=O)c1ccc2nnn(O)c2c1)C(C)C. The van der Waals surface area contributed by atoms with Gasteiger partial charge in [-0.15, -0.1) is 5.10 Å². The molecule has 1 aromatic heterocycles. The Balaban J connectivity index is 1.44. The van der Waals surface area contributed by atoms with Crippen molar-refractivity contribution in [2.45, 2.75) is 44.9 Å². The van der Waals surface area contributed by atoms with E-state index in [1.54, 1.807) is 19.9 Å². The van der Waals surface area contributed by atoms with Crippen LogP contribution in [0.5, 0.6) is 0 Å². The molecule has 3 unspecified atom stereocenters. The lowest BCUT2D eigenvalue weighted by atomic mass is 9.97. The zero-order valence-electron chi connectivity index (χ0n) is 25.8. The predicted octanol–water partition coefficient (Wildman–Crippen LogP) is 3.51. The first-order valence-corrected chi connectivity index (χ1v) is 14.9. The minimum Gasteiger partial charge on any atom is -0.453 e. The molecule has 248 valence electrons. The number of halogens is 1. The van der Waals surface area contributed by atoms with Crippen LogP contribution >= 0.6 is 11.6 Å². The third-order valence-electron chi connectivity index (χ3n) is 7.18. The molecule has 0 aliphatic heterocycles. The van der Waals surface area contributed by atoms with E-state index in [1.807, 2.05) is 42.5 Å². The van der Waals surface area contributed by atoms with Gasteiger partial charge >= 0.3 is 18.0 Å². The van der Waals surface area contributed by atoms with Crippen LogP contribution in [0, 0.1) is 5.92 Å². The molecule has 0 saturated heterocycles. The number of nitrogens with one attached hydrogen (secondary N) is 2. The number of esters is 2. The lowest BCUT2D eigenvalue weighted by Crippen LogP contribution is -2.45. The van der Waals surface area contributed by atoms with Gasteiger partial charge in [-0.1, -0.05) is 66.7 Å². The number of aromatic nitrogens is 3. The summed E-state index contributed by atoms with van der Waals surface area (Å²) >= 11 is 6.13. The predicted molar refractivity (Wildman–Crippen MR) is 168 cm³/mol. The average Bonchev–Trinajstić information content (AvgIpc) is 3.42. The number of rotatable bonds is 13. The standard InChI is InChI=1S/C32H34ClN5O9/c1-18(2)28(35-32(43)45-3)31(42)47-17-46-30(41)27(39)16-24(34-29(40)22-11-12-25-26(15-22)38(44)37-36-25)13-19-7-9-20(10-8-19)21-5-4-6-23(33)14-21/h4-12,14-15,18,24,27-28,39,44H,13,16-17H2,1-3H3,(H,34,40)(H,35,43). The van der Waals surface area contributed by atoms with Crippen molar-refractivity contribution in [2.75, 3.05) is 13.9 Å². The van der Waals surface area contributed by atoms with Gasteiger partial charge in [0.25, 0.3) is 5.91 Å². The van der Waals surface area contributed by atoms with E-state index >= 15 is 0 Å². The third kappa shape index (κ3) is 9.40. The van der Waals surface area contributed by atoms with E-state index in [0.717, 1.165) is 23.8 Å². The number of ether oxygens (including phenoxy) is 3. The summed E-state index contributed by atoms with van der Waals surface area (Å²) in [6, 6.07) is 17.5. The first kappa shape index (κ1) is 34.7.